The fourth-order valence-corrected chi connectivity index (χ4v) is 24.9. The van der Waals surface area contributed by atoms with E-state index in [9.17, 15) is 61.2 Å². The number of alkyl halides is 3. The molecule has 33 heteroatoms. The third kappa shape index (κ3) is 46.0. The molecule has 0 aliphatic heterocycles. The van der Waals surface area contributed by atoms with E-state index < -0.39 is 57.5 Å². The third-order valence-electron chi connectivity index (χ3n) is 18.5. The van der Waals surface area contributed by atoms with Gasteiger partial charge in [-0.15, -0.1) is 18.5 Å². The number of aliphatic hydroxyl groups excluding tert-OH is 1. The number of aromatic nitrogens is 4. The molecule has 1 N–H and O–H groups in total. The first-order valence-corrected chi connectivity index (χ1v) is 57.2. The van der Waals surface area contributed by atoms with Crippen LogP contribution in [0.1, 0.15) is 68.2 Å². The van der Waals surface area contributed by atoms with E-state index in [0.29, 0.717) is 35.2 Å². The van der Waals surface area contributed by atoms with Crippen LogP contribution in [0, 0.1) is 44.0 Å². The van der Waals surface area contributed by atoms with Crippen LogP contribution in [-0.4, -0.2) is 113 Å². The molecule has 0 amide bonds. The van der Waals surface area contributed by atoms with Crippen LogP contribution in [0.4, 0.5) is 32.0 Å². The Hall–Kier alpha value is -10.0. The fourth-order valence-electron chi connectivity index (χ4n) is 10.8. The van der Waals surface area contributed by atoms with Crippen LogP contribution in [0.25, 0.3) is 0 Å². The number of hydrogen-bond donors (Lipinski definition) is 1. The van der Waals surface area contributed by atoms with Crippen LogP contribution in [0.15, 0.2) is 398 Å². The summed E-state index contributed by atoms with van der Waals surface area (Å²) in [6.45, 7) is 7.56. The number of sulfone groups is 3. The topological polar surface area (TPSA) is 212 Å². The fraction of sp³-hybridized carbons (Fsp3) is 0.146. The second kappa shape index (κ2) is 65.7. The summed E-state index contributed by atoms with van der Waals surface area (Å²) in [7, 11) is -2.11. The SMILES string of the molecule is BrP(Br)(c1ccccc1)(c1ccccc1)c1ccccc1.CCN(C)c1ccc(C=O)cc1.Cc1ccc(S(=O)(=O)CCS(=O)(=O)c2ccc(C)cc2)cc1.Cc1ccc(S(=O)(=O)CC[18F])cc1.O=Cc1ccc([18F])cc1.OCc1ccc([18F])cc1.Pc1ccncc1.Pc1ccncc1.[18F-].[18F-].[18F]CCPc1ccncc1.[18F]c1ccc(CBr)cc1.[18F]c1ccc(CPc2ccncc2)cc1.[2HH].[2HH].[2HH].[2HH].[HH]. The van der Waals surface area contributed by atoms with Gasteiger partial charge in [0.1, 0.15) is 42.5 Å². The van der Waals surface area contributed by atoms with Gasteiger partial charge >= 0.3 is 142 Å². The van der Waals surface area contributed by atoms with Gasteiger partial charge in [0, 0.05) is 92.4 Å². The predicted octanol–water partition coefficient (Wildman–Crippen LogP) is 17.5. The van der Waals surface area contributed by atoms with Crippen LogP contribution >= 0.6 is 86.6 Å². The van der Waals surface area contributed by atoms with Gasteiger partial charge in [-0.1, -0.05) is 123 Å². The van der Waals surface area contributed by atoms with Crippen LogP contribution in [0.2, 0.25) is 0 Å². The van der Waals surface area contributed by atoms with Gasteiger partial charge in [-0.2, -0.15) is 0 Å². The number of halogens is 11. The zero-order chi connectivity index (χ0) is 98.1. The van der Waals surface area contributed by atoms with Crippen LogP contribution in [0.3, 0.4) is 0 Å². The molecular weight excluding hydrogens is 2090 g/mol. The molecule has 0 bridgehead atoms. The summed E-state index contributed by atoms with van der Waals surface area (Å²) in [5.74, 6) is -2.23. The van der Waals surface area contributed by atoms with E-state index in [1.54, 1.807) is 110 Å². The van der Waals surface area contributed by atoms with E-state index in [1.165, 1.54) is 140 Å². The number of aryl methyl sites for hydroxylation is 3. The maximum atomic E-state index is 12.6. The van der Waals surface area contributed by atoms with Gasteiger partial charge < -0.3 is 19.4 Å². The van der Waals surface area contributed by atoms with Crippen LogP contribution < -0.4 is 51.4 Å². The number of carbonyl (C=O) groups excluding carboxylic acids is 2. The zero-order valence-corrected chi connectivity index (χ0v) is 87.4. The molecule has 0 saturated heterocycles. The van der Waals surface area contributed by atoms with Gasteiger partial charge in [0.2, 0.25) is 0 Å². The van der Waals surface area contributed by atoms with Crippen molar-refractivity contribution in [3.8, 4) is 0 Å². The summed E-state index contributed by atoms with van der Waals surface area (Å²) < 4.78 is 141. The van der Waals surface area contributed by atoms with Gasteiger partial charge in [0.05, 0.1) is 45.2 Å². The number of benzene rings is 11. The first kappa shape index (κ1) is 120. The smallest absolute Gasteiger partial charge is 0.180 e. The third-order valence-corrected chi connectivity index (χ3v) is 38.8. The molecule has 136 heavy (non-hydrogen) atoms. The first-order valence-electron chi connectivity index (χ1n) is 41.3. The van der Waals surface area contributed by atoms with E-state index in [4.69, 9.17) is 5.11 Å². The van der Waals surface area contributed by atoms with E-state index in [2.05, 4.69) is 188 Å². The average Bonchev–Trinajstić information content (AvgIpc) is 0.717. The molecule has 14 nitrogen and oxygen atoms in total. The molecule has 0 aliphatic carbocycles. The summed E-state index contributed by atoms with van der Waals surface area (Å²) in [6, 6.07) is 98.4. The molecule has 0 fully saturated rings. The van der Waals surface area contributed by atoms with Crippen LogP contribution in [0.5, 0.6) is 0 Å². The van der Waals surface area contributed by atoms with E-state index in [-0.39, 0.29) is 67.8 Å². The number of aliphatic hydroxyl groups is 1. The normalized spacial score (nSPS) is 10.8. The Bertz CT molecular complexity index is 5940. The Labute approximate surface area is 834 Å². The van der Waals surface area contributed by atoms with Crippen molar-refractivity contribution in [2.45, 2.75) is 60.5 Å². The molecule has 4 aromatic heterocycles. The number of rotatable bonds is 23. The minimum atomic E-state index is -3.61. The maximum Gasteiger partial charge on any atom is 0.180 e. The second-order valence-corrected chi connectivity index (χ2v) is 54.2. The minimum absolute atomic E-state index is 0. The maximum absolute atomic E-state index is 12.6. The van der Waals surface area contributed by atoms with Gasteiger partial charge in [-0.05, 0) is 248 Å². The number of anilines is 1. The number of carbonyl (C=O) groups is 2. The molecule has 0 saturated carbocycles. The molecule has 4 heterocycles. The Kier molecular flexibility index (Phi) is 58.1. The van der Waals surface area contributed by atoms with E-state index >= 15 is 0 Å². The summed E-state index contributed by atoms with van der Waals surface area (Å²) >= 11 is 11.6. The molecule has 15 aromatic rings. The van der Waals surface area contributed by atoms with Gasteiger partial charge in [0.15, 0.2) is 29.5 Å². The minimum Gasteiger partial charge on any atom is -1.00 e. The number of aldehydes is 2. The van der Waals surface area contributed by atoms with Crippen molar-refractivity contribution in [1.82, 2.24) is 19.9 Å². The Morgan fingerprint density at radius 2 is 0.684 bits per heavy atom. The van der Waals surface area contributed by atoms with Crippen molar-refractivity contribution >= 4 is 171 Å². The summed E-state index contributed by atoms with van der Waals surface area (Å²) in [5.41, 5.74) is 8.25. The second-order valence-electron chi connectivity index (χ2n) is 28.6. The van der Waals surface area contributed by atoms with Crippen molar-refractivity contribution in [2.75, 3.05) is 55.3 Å². The largest absolute Gasteiger partial charge is 1.00 e. The molecule has 730 valence electrons. The van der Waals surface area contributed by atoms with E-state index in [1.807, 2.05) is 113 Å². The zero-order valence-electron chi connectivity index (χ0n) is 75.0. The summed E-state index contributed by atoms with van der Waals surface area (Å²) in [4.78, 5) is 38.4. The predicted molar refractivity (Wildman–Crippen MR) is 576 cm³/mol. The van der Waals surface area contributed by atoms with Gasteiger partial charge in [0.25, 0.3) is 0 Å². The molecule has 15 rings (SSSR count). The molecule has 0 spiro atoms. The Balaban J connectivity index is -0.00000151. The molecular formula is C103H117Br3F8N5O9P5S3-2. The van der Waals surface area contributed by atoms with Crippen molar-refractivity contribution in [3.05, 3.63) is 451 Å². The number of hydrogen-bond acceptors (Lipinski definition) is 14. The molecule has 11 aromatic carbocycles. The van der Waals surface area contributed by atoms with Crippen molar-refractivity contribution < 1.29 is 82.8 Å². The quantitative estimate of drug-likeness (QED) is 0.0273. The van der Waals surface area contributed by atoms with Crippen LogP contribution in [-0.2, 0) is 47.6 Å². The molecule has 0 aliphatic rings. The van der Waals surface area contributed by atoms with E-state index in [0.717, 1.165) is 63.4 Å². The van der Waals surface area contributed by atoms with Crippen molar-refractivity contribution in [3.63, 3.8) is 0 Å². The number of nitrogens with zero attached hydrogens (tertiary/aromatic N) is 5. The van der Waals surface area contributed by atoms with Gasteiger partial charge in [-0.25, -0.2) is 47.2 Å². The van der Waals surface area contributed by atoms with Gasteiger partial charge in [-0.3, -0.25) is 33.9 Å². The summed E-state index contributed by atoms with van der Waals surface area (Å²) in [6.07, 6.45) is 17.3. The Morgan fingerprint density at radius 1 is 0.397 bits per heavy atom. The molecule has 0 radical (unpaired) electrons. The molecule has 4 unspecified atom stereocenters. The Morgan fingerprint density at radius 3 is 0.963 bits per heavy atom. The summed E-state index contributed by atoms with van der Waals surface area (Å²) in [5, 5.41) is 17.9. The first-order chi connectivity index (χ1) is 64.2. The number of pyridine rings is 4. The standard InChI is InChI=1S/C18H15Br2P.C16H18O4S2.C12H11FNP.C10H13NO.C9H11FO2S.C7H6BrF.C7H9FNP.C7H7FO.C7H5FO.2C5H6NP.2FH.5H2/c19-21(20,16-10-4-1-5-11-16,17-12-6-2-7-13-17)18-14-8-3-9-15-18;1-13-3-7-15(8-4-13)21(17,18)11-12-22(19,20)16-9-5-14(2)6-10-16;13-11-3-1-10(2-4-11)9-15-12-5-7-14-8-6-12;1-3-11(2)10-6-4-9(8-12)5-7-10;1-8-2-4-9(5-3-8)13(11,12)7-6-10;8-5-6-1-3-7(9)4-2-6;8-3-6-10-7-1-4-9-5-2-7;2*8-7-3-1-6(5-9)2-4-7;2*7-5-1-3-6-4-2-5;;;;;;;/h1-15H;3-10H,11-12H2,1-2H3;1-8,15H,9H2;4-8H,3H2,1-2H3;2-5H,6-7H2,1H3;1-4H,5H2;1-2,4-5,10H,3,6H2;1-4,9H,5H2;1-5H;2*1-4H,7H2;7*1H/p-2/i;;13-1;;10-1;9-1;3*8-1;;;2*1-1;4*1+1;. The van der Waals surface area contributed by atoms with Crippen molar-refractivity contribution in [2.24, 2.45) is 0 Å². The average molecular weight is 2210 g/mol. The van der Waals surface area contributed by atoms with Crippen molar-refractivity contribution in [1.29, 1.82) is 0 Å². The molecule has 4 atom stereocenters. The monoisotopic (exact) mass is 2200 g/mol.